The first kappa shape index (κ1) is 22.6. The third-order valence-electron chi connectivity index (χ3n) is 5.80. The Morgan fingerprint density at radius 2 is 1.76 bits per heavy atom. The molecule has 0 bridgehead atoms. The molecule has 172 valence electrons. The standard InChI is InChI=1S/C26H32N6O/c1-16(2)28-20-9-7-8-19(14-20)22-12-13-27-26(30-22)29-21-10-11-23-24(15-21)32(17(3)4)18(5)25(33)31(23)6/h7-18,28H,1-6H3,(H,27,29,30)/t18-/m1/s1. The Labute approximate surface area is 195 Å². The lowest BCUT2D eigenvalue weighted by atomic mass is 10.0. The molecule has 1 amide bonds. The van der Waals surface area contributed by atoms with Crippen LogP contribution in [0.25, 0.3) is 11.3 Å². The molecule has 0 aliphatic carbocycles. The van der Waals surface area contributed by atoms with Crippen LogP contribution in [-0.4, -0.2) is 41.0 Å². The Kier molecular flexibility index (Phi) is 6.22. The SMILES string of the molecule is CC(C)Nc1cccc(-c2ccnc(Nc3ccc4c(c3)N(C(C)C)[C@H](C)C(=O)N4C)n2)c1. The van der Waals surface area contributed by atoms with Crippen LogP contribution in [0.3, 0.4) is 0 Å². The number of aromatic nitrogens is 2. The molecule has 0 fully saturated rings. The normalized spacial score (nSPS) is 15.8. The van der Waals surface area contributed by atoms with Crippen LogP contribution in [0.2, 0.25) is 0 Å². The Morgan fingerprint density at radius 3 is 2.48 bits per heavy atom. The molecule has 7 nitrogen and oxygen atoms in total. The van der Waals surface area contributed by atoms with Crippen molar-refractivity contribution < 1.29 is 4.79 Å². The third kappa shape index (κ3) is 4.62. The fraction of sp³-hybridized carbons (Fsp3) is 0.346. The minimum Gasteiger partial charge on any atom is -0.383 e. The highest BCUT2D eigenvalue weighted by Gasteiger charge is 2.34. The first-order chi connectivity index (χ1) is 15.7. The summed E-state index contributed by atoms with van der Waals surface area (Å²) >= 11 is 0. The van der Waals surface area contributed by atoms with Gasteiger partial charge in [0.2, 0.25) is 11.9 Å². The Morgan fingerprint density at radius 1 is 0.970 bits per heavy atom. The minimum absolute atomic E-state index is 0.0992. The average Bonchev–Trinajstić information content (AvgIpc) is 2.77. The number of fused-ring (bicyclic) bond motifs is 1. The highest BCUT2D eigenvalue weighted by atomic mass is 16.2. The smallest absolute Gasteiger partial charge is 0.249 e. The molecule has 3 aromatic rings. The zero-order valence-corrected chi connectivity index (χ0v) is 20.1. The summed E-state index contributed by atoms with van der Waals surface area (Å²) in [6.45, 7) is 10.4. The number of hydrogen-bond donors (Lipinski definition) is 2. The highest BCUT2D eigenvalue weighted by molar-refractivity contribution is 6.05. The summed E-state index contributed by atoms with van der Waals surface area (Å²) in [6.07, 6.45) is 1.76. The van der Waals surface area contributed by atoms with Gasteiger partial charge in [-0.15, -0.1) is 0 Å². The number of benzene rings is 2. The second kappa shape index (κ2) is 9.10. The fourth-order valence-electron chi connectivity index (χ4n) is 4.35. The van der Waals surface area contributed by atoms with Crippen LogP contribution in [0.5, 0.6) is 0 Å². The van der Waals surface area contributed by atoms with Crippen molar-refractivity contribution in [2.24, 2.45) is 0 Å². The van der Waals surface area contributed by atoms with E-state index in [0.717, 1.165) is 34.0 Å². The molecular weight excluding hydrogens is 412 g/mol. The maximum atomic E-state index is 12.7. The molecule has 1 aliphatic rings. The van der Waals surface area contributed by atoms with E-state index in [1.807, 2.05) is 44.3 Å². The van der Waals surface area contributed by atoms with E-state index < -0.39 is 0 Å². The molecule has 1 atom stereocenters. The number of carbonyl (C=O) groups excluding carboxylic acids is 1. The number of likely N-dealkylation sites (N-methyl/N-ethyl adjacent to an activating group) is 1. The van der Waals surface area contributed by atoms with Crippen LogP contribution in [0.1, 0.15) is 34.6 Å². The molecule has 0 saturated heterocycles. The van der Waals surface area contributed by atoms with Gasteiger partial charge >= 0.3 is 0 Å². The Balaban J connectivity index is 1.63. The van der Waals surface area contributed by atoms with E-state index in [4.69, 9.17) is 4.98 Å². The molecule has 0 radical (unpaired) electrons. The van der Waals surface area contributed by atoms with Crippen molar-refractivity contribution in [2.75, 3.05) is 27.5 Å². The van der Waals surface area contributed by atoms with Gasteiger partial charge in [-0.05, 0) is 71.0 Å². The molecule has 4 rings (SSSR count). The van der Waals surface area contributed by atoms with Crippen molar-refractivity contribution in [3.05, 3.63) is 54.7 Å². The van der Waals surface area contributed by atoms with E-state index in [-0.39, 0.29) is 18.0 Å². The highest BCUT2D eigenvalue weighted by Crippen LogP contribution is 2.39. The summed E-state index contributed by atoms with van der Waals surface area (Å²) < 4.78 is 0. The second-order valence-electron chi connectivity index (χ2n) is 9.05. The maximum Gasteiger partial charge on any atom is 0.249 e. The van der Waals surface area contributed by atoms with Gasteiger partial charge in [-0.25, -0.2) is 9.97 Å². The first-order valence-corrected chi connectivity index (χ1v) is 11.4. The lowest BCUT2D eigenvalue weighted by Gasteiger charge is -2.42. The molecule has 7 heteroatoms. The summed E-state index contributed by atoms with van der Waals surface area (Å²) in [5.74, 6) is 0.626. The number of nitrogens with one attached hydrogen (secondary N) is 2. The Bertz CT molecular complexity index is 1160. The monoisotopic (exact) mass is 444 g/mol. The second-order valence-corrected chi connectivity index (χ2v) is 9.05. The van der Waals surface area contributed by atoms with E-state index in [0.29, 0.717) is 12.0 Å². The lowest BCUT2D eigenvalue weighted by Crippen LogP contribution is -2.53. The molecule has 2 N–H and O–H groups in total. The molecule has 0 spiro atoms. The first-order valence-electron chi connectivity index (χ1n) is 11.4. The largest absolute Gasteiger partial charge is 0.383 e. The third-order valence-corrected chi connectivity index (χ3v) is 5.80. The molecular formula is C26H32N6O. The topological polar surface area (TPSA) is 73.4 Å². The number of carbonyl (C=O) groups is 1. The zero-order valence-electron chi connectivity index (χ0n) is 20.1. The van der Waals surface area contributed by atoms with Crippen molar-refractivity contribution in [1.29, 1.82) is 0 Å². The van der Waals surface area contributed by atoms with Gasteiger partial charge in [0.15, 0.2) is 0 Å². The number of anilines is 5. The van der Waals surface area contributed by atoms with Gasteiger partial charge in [-0.1, -0.05) is 12.1 Å². The van der Waals surface area contributed by atoms with Gasteiger partial charge in [-0.2, -0.15) is 0 Å². The van der Waals surface area contributed by atoms with E-state index in [2.05, 4.69) is 66.4 Å². The summed E-state index contributed by atoms with van der Waals surface area (Å²) in [4.78, 5) is 25.7. The van der Waals surface area contributed by atoms with Crippen LogP contribution in [0.4, 0.5) is 28.7 Å². The van der Waals surface area contributed by atoms with Crippen molar-refractivity contribution in [2.45, 2.75) is 52.7 Å². The van der Waals surface area contributed by atoms with Gasteiger partial charge in [-0.3, -0.25) is 4.79 Å². The van der Waals surface area contributed by atoms with Crippen molar-refractivity contribution in [3.63, 3.8) is 0 Å². The van der Waals surface area contributed by atoms with E-state index in [1.54, 1.807) is 11.1 Å². The molecule has 0 saturated carbocycles. The summed E-state index contributed by atoms with van der Waals surface area (Å²) in [6, 6.07) is 16.5. The summed E-state index contributed by atoms with van der Waals surface area (Å²) in [5, 5.41) is 6.77. The molecule has 2 heterocycles. The quantitative estimate of drug-likeness (QED) is 0.538. The number of amides is 1. The average molecular weight is 445 g/mol. The van der Waals surface area contributed by atoms with E-state index in [1.165, 1.54) is 0 Å². The van der Waals surface area contributed by atoms with Gasteiger partial charge in [0.05, 0.1) is 17.1 Å². The van der Waals surface area contributed by atoms with E-state index in [9.17, 15) is 4.79 Å². The molecule has 33 heavy (non-hydrogen) atoms. The van der Waals surface area contributed by atoms with Crippen molar-refractivity contribution >= 4 is 34.6 Å². The van der Waals surface area contributed by atoms with Crippen LogP contribution in [0, 0.1) is 0 Å². The molecule has 1 aromatic heterocycles. The van der Waals surface area contributed by atoms with Gasteiger partial charge < -0.3 is 20.4 Å². The Hall–Kier alpha value is -3.61. The number of rotatable bonds is 6. The predicted molar refractivity (Wildman–Crippen MR) is 136 cm³/mol. The zero-order chi connectivity index (χ0) is 23.7. The van der Waals surface area contributed by atoms with Crippen LogP contribution in [-0.2, 0) is 4.79 Å². The maximum absolute atomic E-state index is 12.7. The fourth-order valence-corrected chi connectivity index (χ4v) is 4.35. The van der Waals surface area contributed by atoms with Crippen LogP contribution in [0.15, 0.2) is 54.7 Å². The predicted octanol–water partition coefficient (Wildman–Crippen LogP) is 5.29. The van der Waals surface area contributed by atoms with Crippen molar-refractivity contribution in [1.82, 2.24) is 9.97 Å². The van der Waals surface area contributed by atoms with E-state index >= 15 is 0 Å². The lowest BCUT2D eigenvalue weighted by molar-refractivity contribution is -0.119. The molecule has 1 aliphatic heterocycles. The van der Waals surface area contributed by atoms with Gasteiger partial charge in [0, 0.05) is 42.3 Å². The van der Waals surface area contributed by atoms with Crippen LogP contribution >= 0.6 is 0 Å². The number of hydrogen-bond acceptors (Lipinski definition) is 6. The van der Waals surface area contributed by atoms with Gasteiger partial charge in [0.1, 0.15) is 6.04 Å². The van der Waals surface area contributed by atoms with Crippen molar-refractivity contribution in [3.8, 4) is 11.3 Å². The van der Waals surface area contributed by atoms with Gasteiger partial charge in [0.25, 0.3) is 0 Å². The molecule has 0 unspecified atom stereocenters. The minimum atomic E-state index is -0.218. The summed E-state index contributed by atoms with van der Waals surface area (Å²) in [7, 11) is 1.83. The molecule has 2 aromatic carbocycles. The number of nitrogens with zero attached hydrogens (tertiary/aromatic N) is 4. The van der Waals surface area contributed by atoms with Crippen LogP contribution < -0.4 is 20.4 Å². The summed E-state index contributed by atoms with van der Waals surface area (Å²) in [5.41, 5.74) is 5.74.